The number of carbonyl (C=O) groups excluding carboxylic acids is 2. The van der Waals surface area contributed by atoms with Crippen LogP contribution in [0.2, 0.25) is 0 Å². The van der Waals surface area contributed by atoms with Crippen LogP contribution in [0.4, 0.5) is 5.69 Å². The van der Waals surface area contributed by atoms with Crippen LogP contribution in [-0.2, 0) is 4.79 Å². The van der Waals surface area contributed by atoms with Gasteiger partial charge in [0.1, 0.15) is 19.3 Å². The zero-order valence-electron chi connectivity index (χ0n) is 14.4. The van der Waals surface area contributed by atoms with Crippen molar-refractivity contribution < 1.29 is 19.1 Å². The maximum Gasteiger partial charge on any atom is 0.262 e. The molecule has 2 N–H and O–H groups in total. The molecule has 26 heavy (non-hydrogen) atoms. The van der Waals surface area contributed by atoms with Crippen molar-refractivity contribution in [2.75, 3.05) is 18.5 Å². The number of carbonyl (C=O) groups is 2. The summed E-state index contributed by atoms with van der Waals surface area (Å²) in [5.74, 6) is 0.596. The normalized spacial score (nSPS) is 14.0. The van der Waals surface area contributed by atoms with Gasteiger partial charge in [-0.05, 0) is 33.3 Å². The van der Waals surface area contributed by atoms with Crippen LogP contribution in [0, 0.1) is 5.92 Å². The number of nitrogens with one attached hydrogen (secondary N) is 2. The molecule has 0 radical (unpaired) electrons. The molecule has 2 amide bonds. The number of halogens is 1. The molecule has 1 atom stereocenters. The zero-order chi connectivity index (χ0) is 18.7. The van der Waals surface area contributed by atoms with Gasteiger partial charge in [0.2, 0.25) is 5.91 Å². The third-order valence-electron chi connectivity index (χ3n) is 3.87. The lowest BCUT2D eigenvalue weighted by Crippen LogP contribution is -2.47. The van der Waals surface area contributed by atoms with Crippen LogP contribution in [0.3, 0.4) is 0 Å². The van der Waals surface area contributed by atoms with Crippen LogP contribution in [-0.4, -0.2) is 31.1 Å². The fourth-order valence-corrected chi connectivity index (χ4v) is 3.57. The minimum atomic E-state index is -0.662. The molecule has 0 fully saturated rings. The quantitative estimate of drug-likeness (QED) is 0.746. The van der Waals surface area contributed by atoms with Crippen LogP contribution in [0.25, 0.3) is 0 Å². The molecule has 0 spiro atoms. The average molecular weight is 439 g/mol. The Morgan fingerprint density at radius 3 is 2.50 bits per heavy atom. The highest BCUT2D eigenvalue weighted by Crippen LogP contribution is 2.38. The van der Waals surface area contributed by atoms with Crippen molar-refractivity contribution in [1.29, 1.82) is 0 Å². The van der Waals surface area contributed by atoms with E-state index in [1.54, 1.807) is 24.3 Å². The topological polar surface area (TPSA) is 76.7 Å². The second-order valence-corrected chi connectivity index (χ2v) is 7.94. The Morgan fingerprint density at radius 2 is 1.88 bits per heavy atom. The second-order valence-electron chi connectivity index (χ2n) is 6.14. The predicted molar refractivity (Wildman–Crippen MR) is 104 cm³/mol. The number of thiophene rings is 1. The van der Waals surface area contributed by atoms with E-state index in [4.69, 9.17) is 9.47 Å². The maximum absolute atomic E-state index is 12.8. The Balaban J connectivity index is 1.75. The lowest BCUT2D eigenvalue weighted by molar-refractivity contribution is -0.118. The van der Waals surface area contributed by atoms with E-state index < -0.39 is 6.04 Å². The van der Waals surface area contributed by atoms with Crippen LogP contribution in [0.15, 0.2) is 34.1 Å². The zero-order valence-corrected chi connectivity index (χ0v) is 16.8. The first-order valence-electron chi connectivity index (χ1n) is 8.20. The van der Waals surface area contributed by atoms with Gasteiger partial charge in [-0.2, -0.15) is 0 Å². The van der Waals surface area contributed by atoms with Gasteiger partial charge in [-0.3, -0.25) is 9.59 Å². The second kappa shape index (κ2) is 8.09. The lowest BCUT2D eigenvalue weighted by Gasteiger charge is -2.23. The van der Waals surface area contributed by atoms with Gasteiger partial charge in [0.15, 0.2) is 11.5 Å². The first kappa shape index (κ1) is 18.7. The molecule has 0 bridgehead atoms. The molecule has 138 valence electrons. The van der Waals surface area contributed by atoms with Crippen molar-refractivity contribution in [3.8, 4) is 11.5 Å². The summed E-state index contributed by atoms with van der Waals surface area (Å²) in [4.78, 5) is 25.6. The first-order valence-corrected chi connectivity index (χ1v) is 9.87. The van der Waals surface area contributed by atoms with Gasteiger partial charge in [-0.1, -0.05) is 19.9 Å². The Labute approximate surface area is 164 Å². The van der Waals surface area contributed by atoms with Gasteiger partial charge in [0, 0.05) is 16.6 Å². The van der Waals surface area contributed by atoms with Crippen molar-refractivity contribution in [2.45, 2.75) is 19.9 Å². The van der Waals surface area contributed by atoms with Crippen molar-refractivity contribution in [1.82, 2.24) is 5.32 Å². The number of benzene rings is 1. The smallest absolute Gasteiger partial charge is 0.262 e. The molecule has 1 aromatic carbocycles. The molecular formula is C18H19BrN2O4S. The molecule has 2 aromatic rings. The third-order valence-corrected chi connectivity index (χ3v) is 5.40. The van der Waals surface area contributed by atoms with E-state index in [2.05, 4.69) is 26.6 Å². The summed E-state index contributed by atoms with van der Waals surface area (Å²) in [5, 5.41) is 7.49. The summed E-state index contributed by atoms with van der Waals surface area (Å²) < 4.78 is 11.8. The van der Waals surface area contributed by atoms with E-state index in [0.29, 0.717) is 39.8 Å². The lowest BCUT2D eigenvalue weighted by atomic mass is 10.0. The fraction of sp³-hybridized carbons (Fsp3) is 0.333. The van der Waals surface area contributed by atoms with Crippen LogP contribution in [0.1, 0.15) is 23.5 Å². The van der Waals surface area contributed by atoms with E-state index in [-0.39, 0.29) is 17.7 Å². The molecule has 0 saturated heterocycles. The highest BCUT2D eigenvalue weighted by molar-refractivity contribution is 9.10. The molecule has 0 saturated carbocycles. The summed E-state index contributed by atoms with van der Waals surface area (Å²) in [7, 11) is 0. The van der Waals surface area contributed by atoms with E-state index in [1.807, 2.05) is 19.2 Å². The third kappa shape index (κ3) is 4.19. The number of fused-ring (bicyclic) bond motifs is 1. The molecule has 8 heteroatoms. The van der Waals surface area contributed by atoms with Gasteiger partial charge in [0.05, 0.1) is 10.6 Å². The van der Waals surface area contributed by atoms with E-state index in [9.17, 15) is 9.59 Å². The Kier molecular flexibility index (Phi) is 5.83. The number of amides is 2. The summed E-state index contributed by atoms with van der Waals surface area (Å²) in [6.45, 7) is 4.73. The van der Waals surface area contributed by atoms with Crippen LogP contribution in [0.5, 0.6) is 11.5 Å². The van der Waals surface area contributed by atoms with Gasteiger partial charge < -0.3 is 20.1 Å². The summed E-state index contributed by atoms with van der Waals surface area (Å²) >= 11 is 4.77. The van der Waals surface area contributed by atoms with E-state index in [0.717, 1.165) is 0 Å². The summed E-state index contributed by atoms with van der Waals surface area (Å²) in [6, 6.07) is 6.35. The SMILES string of the molecule is CC(C)C(NC(=O)c1cccs1)C(=O)Nc1cc2c(cc1Br)OCCO2. The number of hydrogen-bond donors (Lipinski definition) is 2. The number of hydrogen-bond acceptors (Lipinski definition) is 5. The molecule has 3 rings (SSSR count). The number of rotatable bonds is 5. The Morgan fingerprint density at radius 1 is 1.19 bits per heavy atom. The molecule has 6 nitrogen and oxygen atoms in total. The van der Waals surface area contributed by atoms with Gasteiger partial charge in [0.25, 0.3) is 5.91 Å². The van der Waals surface area contributed by atoms with Crippen molar-refractivity contribution in [3.05, 3.63) is 39.0 Å². The summed E-state index contributed by atoms with van der Waals surface area (Å²) in [6.07, 6.45) is 0. The van der Waals surface area contributed by atoms with Crippen LogP contribution >= 0.6 is 27.3 Å². The molecule has 2 heterocycles. The highest BCUT2D eigenvalue weighted by Gasteiger charge is 2.26. The number of ether oxygens (including phenoxy) is 2. The minimum absolute atomic E-state index is 0.0742. The fourth-order valence-electron chi connectivity index (χ4n) is 2.53. The highest BCUT2D eigenvalue weighted by atomic mass is 79.9. The molecule has 1 unspecified atom stereocenters. The van der Waals surface area contributed by atoms with E-state index >= 15 is 0 Å². The molecule has 1 aliphatic rings. The monoisotopic (exact) mass is 438 g/mol. The molecule has 0 aliphatic carbocycles. The van der Waals surface area contributed by atoms with Gasteiger partial charge in [-0.25, -0.2) is 0 Å². The molecular weight excluding hydrogens is 420 g/mol. The Hall–Kier alpha value is -2.06. The first-order chi connectivity index (χ1) is 12.5. The van der Waals surface area contributed by atoms with Crippen molar-refractivity contribution >= 4 is 44.8 Å². The molecule has 1 aliphatic heterocycles. The largest absolute Gasteiger partial charge is 0.486 e. The summed E-state index contributed by atoms with van der Waals surface area (Å²) in [5.41, 5.74) is 0.565. The van der Waals surface area contributed by atoms with Gasteiger partial charge >= 0.3 is 0 Å². The van der Waals surface area contributed by atoms with Crippen molar-refractivity contribution in [3.63, 3.8) is 0 Å². The Bertz CT molecular complexity index is 808. The van der Waals surface area contributed by atoms with Crippen LogP contribution < -0.4 is 20.1 Å². The maximum atomic E-state index is 12.8. The van der Waals surface area contributed by atoms with Crippen molar-refractivity contribution in [2.24, 2.45) is 5.92 Å². The van der Waals surface area contributed by atoms with Gasteiger partial charge in [-0.15, -0.1) is 11.3 Å². The minimum Gasteiger partial charge on any atom is -0.486 e. The van der Waals surface area contributed by atoms with E-state index in [1.165, 1.54) is 11.3 Å². The molecule has 1 aromatic heterocycles. The predicted octanol–water partition coefficient (Wildman–Crippen LogP) is 3.67. The standard InChI is InChI=1S/C18H19BrN2O4S/c1-10(2)16(21-17(22)15-4-3-7-26-15)18(23)20-12-9-14-13(8-11(12)19)24-5-6-25-14/h3-4,7-10,16H,5-6H2,1-2H3,(H,20,23)(H,21,22). The average Bonchev–Trinajstić information content (AvgIpc) is 3.14. The number of anilines is 1.